The van der Waals surface area contributed by atoms with E-state index in [9.17, 15) is 0 Å². The summed E-state index contributed by atoms with van der Waals surface area (Å²) >= 11 is 1.80. The molecule has 0 aliphatic heterocycles. The van der Waals surface area contributed by atoms with Gasteiger partial charge in [0.05, 0.1) is 10.7 Å². The highest BCUT2D eigenvalue weighted by atomic mass is 32.1. The van der Waals surface area contributed by atoms with Gasteiger partial charge < -0.3 is 5.32 Å². The van der Waals surface area contributed by atoms with Crippen molar-refractivity contribution >= 4 is 11.3 Å². The van der Waals surface area contributed by atoms with Crippen LogP contribution in [0.1, 0.15) is 49.5 Å². The third kappa shape index (κ3) is 5.25. The zero-order valence-corrected chi connectivity index (χ0v) is 14.1. The van der Waals surface area contributed by atoms with Gasteiger partial charge in [-0.05, 0) is 24.4 Å². The molecule has 0 fully saturated rings. The van der Waals surface area contributed by atoms with Crippen LogP contribution in [0.25, 0.3) is 0 Å². The van der Waals surface area contributed by atoms with Crippen molar-refractivity contribution in [1.29, 1.82) is 0 Å². The SMILES string of the molecule is CCCNC(Cc1csc(CC(C)C)n1)c1ccccc1. The van der Waals surface area contributed by atoms with E-state index in [0.717, 1.165) is 25.8 Å². The molecule has 1 aromatic heterocycles. The maximum absolute atomic E-state index is 4.80. The molecule has 21 heavy (non-hydrogen) atoms. The first-order valence-corrected chi connectivity index (χ1v) is 8.78. The largest absolute Gasteiger partial charge is 0.310 e. The Morgan fingerprint density at radius 2 is 1.90 bits per heavy atom. The summed E-state index contributed by atoms with van der Waals surface area (Å²) in [5, 5.41) is 7.14. The number of hydrogen-bond acceptors (Lipinski definition) is 3. The number of nitrogens with one attached hydrogen (secondary N) is 1. The fourth-order valence-corrected chi connectivity index (χ4v) is 3.43. The predicted molar refractivity (Wildman–Crippen MR) is 91.8 cm³/mol. The average Bonchev–Trinajstić information content (AvgIpc) is 2.90. The van der Waals surface area contributed by atoms with Gasteiger partial charge in [0.1, 0.15) is 0 Å². The molecule has 2 aromatic rings. The molecular weight excluding hydrogens is 276 g/mol. The Labute approximate surface area is 132 Å². The summed E-state index contributed by atoms with van der Waals surface area (Å²) in [5.41, 5.74) is 2.57. The Morgan fingerprint density at radius 1 is 1.14 bits per heavy atom. The first-order valence-electron chi connectivity index (χ1n) is 7.90. The first kappa shape index (κ1) is 16.2. The molecule has 0 aliphatic carbocycles. The quantitative estimate of drug-likeness (QED) is 0.769. The smallest absolute Gasteiger partial charge is 0.0930 e. The molecule has 1 heterocycles. The molecule has 0 saturated heterocycles. The lowest BCUT2D eigenvalue weighted by Gasteiger charge is -2.18. The van der Waals surface area contributed by atoms with Gasteiger partial charge >= 0.3 is 0 Å². The molecule has 1 aromatic carbocycles. The summed E-state index contributed by atoms with van der Waals surface area (Å²) < 4.78 is 0. The van der Waals surface area contributed by atoms with E-state index in [2.05, 4.69) is 61.8 Å². The molecule has 0 amide bonds. The summed E-state index contributed by atoms with van der Waals surface area (Å²) in [7, 11) is 0. The van der Waals surface area contributed by atoms with Crippen LogP contribution in [0.15, 0.2) is 35.7 Å². The van der Waals surface area contributed by atoms with Crippen molar-refractivity contribution in [3.8, 4) is 0 Å². The highest BCUT2D eigenvalue weighted by Gasteiger charge is 2.13. The fraction of sp³-hybridized carbons (Fsp3) is 0.500. The second-order valence-electron chi connectivity index (χ2n) is 5.95. The van der Waals surface area contributed by atoms with Gasteiger partial charge in [0.2, 0.25) is 0 Å². The third-order valence-electron chi connectivity index (χ3n) is 3.44. The summed E-state index contributed by atoms with van der Waals surface area (Å²) in [6.07, 6.45) is 3.21. The number of nitrogens with zero attached hydrogens (tertiary/aromatic N) is 1. The Bertz CT molecular complexity index is 519. The van der Waals surface area contributed by atoms with Gasteiger partial charge in [0, 0.05) is 24.3 Å². The number of thiazole rings is 1. The molecule has 1 N–H and O–H groups in total. The van der Waals surface area contributed by atoms with Crippen molar-refractivity contribution in [3.63, 3.8) is 0 Å². The van der Waals surface area contributed by atoms with Crippen LogP contribution in [0.4, 0.5) is 0 Å². The minimum absolute atomic E-state index is 0.361. The molecule has 2 nitrogen and oxygen atoms in total. The molecule has 114 valence electrons. The van der Waals surface area contributed by atoms with Crippen LogP contribution in [0.2, 0.25) is 0 Å². The van der Waals surface area contributed by atoms with E-state index in [-0.39, 0.29) is 0 Å². The lowest BCUT2D eigenvalue weighted by atomic mass is 10.0. The van der Waals surface area contributed by atoms with Crippen molar-refractivity contribution in [1.82, 2.24) is 10.3 Å². The topological polar surface area (TPSA) is 24.9 Å². The average molecular weight is 302 g/mol. The minimum atomic E-state index is 0.361. The van der Waals surface area contributed by atoms with Crippen LogP contribution in [-0.2, 0) is 12.8 Å². The molecule has 0 saturated carbocycles. The van der Waals surface area contributed by atoms with Gasteiger partial charge in [-0.25, -0.2) is 4.98 Å². The van der Waals surface area contributed by atoms with Gasteiger partial charge in [-0.2, -0.15) is 0 Å². The van der Waals surface area contributed by atoms with E-state index in [1.807, 2.05) is 0 Å². The Hall–Kier alpha value is -1.19. The van der Waals surface area contributed by atoms with Crippen LogP contribution in [0.5, 0.6) is 0 Å². The van der Waals surface area contributed by atoms with Crippen LogP contribution in [0.3, 0.4) is 0 Å². The molecule has 0 radical (unpaired) electrons. The van der Waals surface area contributed by atoms with Crippen LogP contribution >= 0.6 is 11.3 Å². The van der Waals surface area contributed by atoms with Crippen molar-refractivity contribution < 1.29 is 0 Å². The molecular formula is C18H26N2S. The molecule has 0 bridgehead atoms. The van der Waals surface area contributed by atoms with E-state index < -0.39 is 0 Å². The molecule has 3 heteroatoms. The predicted octanol–water partition coefficient (Wildman–Crippen LogP) is 4.63. The second-order valence-corrected chi connectivity index (χ2v) is 6.89. The molecule has 2 rings (SSSR count). The molecule has 1 unspecified atom stereocenters. The molecule has 1 atom stereocenters. The fourth-order valence-electron chi connectivity index (χ4n) is 2.41. The number of benzene rings is 1. The highest BCUT2D eigenvalue weighted by molar-refractivity contribution is 7.09. The van der Waals surface area contributed by atoms with Crippen LogP contribution in [0, 0.1) is 5.92 Å². The van der Waals surface area contributed by atoms with Crippen molar-refractivity contribution in [2.24, 2.45) is 5.92 Å². The van der Waals surface area contributed by atoms with Crippen LogP contribution in [-0.4, -0.2) is 11.5 Å². The lowest BCUT2D eigenvalue weighted by molar-refractivity contribution is 0.524. The normalized spacial score (nSPS) is 12.8. The number of rotatable bonds is 8. The second kappa shape index (κ2) is 8.30. The summed E-state index contributed by atoms with van der Waals surface area (Å²) in [6, 6.07) is 11.1. The van der Waals surface area contributed by atoms with Crippen molar-refractivity contribution in [2.75, 3.05) is 6.54 Å². The van der Waals surface area contributed by atoms with Gasteiger partial charge in [-0.3, -0.25) is 0 Å². The van der Waals surface area contributed by atoms with Gasteiger partial charge in [-0.15, -0.1) is 11.3 Å². The van der Waals surface area contributed by atoms with Gasteiger partial charge in [0.25, 0.3) is 0 Å². The van der Waals surface area contributed by atoms with E-state index in [1.54, 1.807) is 11.3 Å². The van der Waals surface area contributed by atoms with Gasteiger partial charge in [0.15, 0.2) is 0 Å². The van der Waals surface area contributed by atoms with E-state index in [0.29, 0.717) is 12.0 Å². The zero-order chi connectivity index (χ0) is 15.1. The lowest BCUT2D eigenvalue weighted by Crippen LogP contribution is -2.24. The van der Waals surface area contributed by atoms with Crippen LogP contribution < -0.4 is 5.32 Å². The van der Waals surface area contributed by atoms with Crippen molar-refractivity contribution in [2.45, 2.75) is 46.1 Å². The van der Waals surface area contributed by atoms with E-state index in [4.69, 9.17) is 4.98 Å². The first-order chi connectivity index (χ1) is 10.2. The van der Waals surface area contributed by atoms with Gasteiger partial charge in [-0.1, -0.05) is 51.1 Å². The summed E-state index contributed by atoms with van der Waals surface area (Å²) in [6.45, 7) is 7.74. The maximum Gasteiger partial charge on any atom is 0.0930 e. The van der Waals surface area contributed by atoms with E-state index >= 15 is 0 Å². The standard InChI is InChI=1S/C18H26N2S/c1-4-10-19-17(15-8-6-5-7-9-15)12-16-13-21-18(20-16)11-14(2)3/h5-9,13-14,17,19H,4,10-12H2,1-3H3. The number of hydrogen-bond donors (Lipinski definition) is 1. The Balaban J connectivity index is 2.06. The maximum atomic E-state index is 4.80. The summed E-state index contributed by atoms with van der Waals surface area (Å²) in [5.74, 6) is 0.673. The molecule has 0 aliphatic rings. The minimum Gasteiger partial charge on any atom is -0.310 e. The van der Waals surface area contributed by atoms with E-state index in [1.165, 1.54) is 16.3 Å². The summed E-state index contributed by atoms with van der Waals surface area (Å²) in [4.78, 5) is 4.80. The Morgan fingerprint density at radius 3 is 2.57 bits per heavy atom. The Kier molecular flexibility index (Phi) is 6.40. The number of aromatic nitrogens is 1. The molecule has 0 spiro atoms. The third-order valence-corrected chi connectivity index (χ3v) is 4.36. The van der Waals surface area contributed by atoms with Crippen molar-refractivity contribution in [3.05, 3.63) is 52.0 Å². The monoisotopic (exact) mass is 302 g/mol. The zero-order valence-electron chi connectivity index (χ0n) is 13.3. The highest BCUT2D eigenvalue weighted by Crippen LogP contribution is 2.21.